The maximum absolute atomic E-state index is 11.5. The minimum absolute atomic E-state index is 0.147. The molecule has 0 radical (unpaired) electrons. The van der Waals surface area contributed by atoms with Crippen LogP contribution in [0.3, 0.4) is 0 Å². The fourth-order valence-corrected chi connectivity index (χ4v) is 4.31. The molecule has 114 valence electrons. The first-order valence-electron chi connectivity index (χ1n) is 7.16. The quantitative estimate of drug-likeness (QED) is 0.835. The molecule has 0 amide bonds. The average molecular weight is 300 g/mol. The van der Waals surface area contributed by atoms with Crippen molar-refractivity contribution < 1.29 is 8.42 Å². The van der Waals surface area contributed by atoms with Crippen molar-refractivity contribution in [3.63, 3.8) is 0 Å². The summed E-state index contributed by atoms with van der Waals surface area (Å²) >= 11 is 0. The SMILES string of the molecule is CC(C)Cc1nc(CCN(C)[C@H]2CCS(=O)(=O)C2)n[nH]1. The molecule has 1 aliphatic rings. The Kier molecular flexibility index (Phi) is 4.80. The molecule has 2 rings (SSSR count). The number of hydrogen-bond acceptors (Lipinski definition) is 5. The van der Waals surface area contributed by atoms with E-state index in [0.29, 0.717) is 11.7 Å². The summed E-state index contributed by atoms with van der Waals surface area (Å²) in [7, 11) is -0.833. The van der Waals surface area contributed by atoms with Crippen LogP contribution in [0.5, 0.6) is 0 Å². The highest BCUT2D eigenvalue weighted by Gasteiger charge is 2.30. The number of aromatic amines is 1. The fourth-order valence-electron chi connectivity index (χ4n) is 2.51. The van der Waals surface area contributed by atoms with Gasteiger partial charge in [0.2, 0.25) is 0 Å². The van der Waals surface area contributed by atoms with Gasteiger partial charge in [-0.2, -0.15) is 5.10 Å². The Morgan fingerprint density at radius 1 is 1.45 bits per heavy atom. The molecule has 1 N–H and O–H groups in total. The van der Waals surface area contributed by atoms with Crippen molar-refractivity contribution in [2.24, 2.45) is 5.92 Å². The topological polar surface area (TPSA) is 79.0 Å². The summed E-state index contributed by atoms with van der Waals surface area (Å²) in [4.78, 5) is 6.58. The molecule has 6 nitrogen and oxygen atoms in total. The van der Waals surface area contributed by atoms with E-state index in [1.165, 1.54) is 0 Å². The Morgan fingerprint density at radius 3 is 2.80 bits per heavy atom. The standard InChI is InChI=1S/C13H24N4O2S/c1-10(2)8-13-14-12(15-16-13)4-6-17(3)11-5-7-20(18,19)9-11/h10-11H,4-9H2,1-3H3,(H,14,15,16)/t11-/m0/s1. The summed E-state index contributed by atoms with van der Waals surface area (Å²) in [5, 5.41) is 7.18. The summed E-state index contributed by atoms with van der Waals surface area (Å²) in [6, 6.07) is 0.147. The number of nitrogens with one attached hydrogen (secondary N) is 1. The predicted molar refractivity (Wildman–Crippen MR) is 78.3 cm³/mol. The second kappa shape index (κ2) is 6.22. The van der Waals surface area contributed by atoms with Crippen LogP contribution in [0, 0.1) is 5.92 Å². The van der Waals surface area contributed by atoms with Crippen molar-refractivity contribution in [1.29, 1.82) is 0 Å². The molecule has 0 aliphatic carbocycles. The number of H-pyrrole nitrogens is 1. The number of likely N-dealkylation sites (N-methyl/N-ethyl adjacent to an activating group) is 1. The van der Waals surface area contributed by atoms with Crippen molar-refractivity contribution in [3.8, 4) is 0 Å². The van der Waals surface area contributed by atoms with Gasteiger partial charge in [-0.15, -0.1) is 0 Å². The third-order valence-electron chi connectivity index (χ3n) is 3.70. The molecule has 0 spiro atoms. The van der Waals surface area contributed by atoms with E-state index in [4.69, 9.17) is 0 Å². The van der Waals surface area contributed by atoms with E-state index in [2.05, 4.69) is 33.9 Å². The molecular weight excluding hydrogens is 276 g/mol. The van der Waals surface area contributed by atoms with E-state index in [0.717, 1.165) is 37.5 Å². The number of rotatable bonds is 6. The largest absolute Gasteiger partial charge is 0.302 e. The predicted octanol–water partition coefficient (Wildman–Crippen LogP) is 0.665. The zero-order chi connectivity index (χ0) is 14.8. The zero-order valence-electron chi connectivity index (χ0n) is 12.5. The second-order valence-corrected chi connectivity index (χ2v) is 8.31. The fraction of sp³-hybridized carbons (Fsp3) is 0.846. The molecule has 1 atom stereocenters. The molecule has 2 heterocycles. The maximum Gasteiger partial charge on any atom is 0.151 e. The number of hydrogen-bond donors (Lipinski definition) is 1. The first-order chi connectivity index (χ1) is 9.35. The molecular formula is C13H24N4O2S. The molecule has 1 saturated heterocycles. The van der Waals surface area contributed by atoms with Gasteiger partial charge in [0.05, 0.1) is 11.5 Å². The van der Waals surface area contributed by atoms with Crippen LogP contribution in [-0.2, 0) is 22.7 Å². The molecule has 0 bridgehead atoms. The molecule has 1 aliphatic heterocycles. The first kappa shape index (κ1) is 15.4. The monoisotopic (exact) mass is 300 g/mol. The maximum atomic E-state index is 11.5. The Labute approximate surface area is 120 Å². The summed E-state index contributed by atoms with van der Waals surface area (Å²) in [5.74, 6) is 2.91. The molecule has 0 unspecified atom stereocenters. The second-order valence-electron chi connectivity index (χ2n) is 6.08. The van der Waals surface area contributed by atoms with Crippen LogP contribution in [0.4, 0.5) is 0 Å². The van der Waals surface area contributed by atoms with E-state index in [9.17, 15) is 8.42 Å². The van der Waals surface area contributed by atoms with Gasteiger partial charge in [0.25, 0.3) is 0 Å². The lowest BCUT2D eigenvalue weighted by molar-refractivity contribution is 0.264. The first-order valence-corrected chi connectivity index (χ1v) is 8.98. The van der Waals surface area contributed by atoms with E-state index >= 15 is 0 Å². The Hall–Kier alpha value is -0.950. The number of aromatic nitrogens is 3. The van der Waals surface area contributed by atoms with Crippen LogP contribution < -0.4 is 0 Å². The van der Waals surface area contributed by atoms with E-state index in [-0.39, 0.29) is 11.8 Å². The van der Waals surface area contributed by atoms with Gasteiger partial charge in [-0.3, -0.25) is 5.10 Å². The van der Waals surface area contributed by atoms with E-state index < -0.39 is 9.84 Å². The Balaban J connectivity index is 1.81. The van der Waals surface area contributed by atoms with E-state index in [1.54, 1.807) is 0 Å². The normalized spacial score (nSPS) is 21.9. The van der Waals surface area contributed by atoms with Gasteiger partial charge >= 0.3 is 0 Å². The van der Waals surface area contributed by atoms with Gasteiger partial charge in [-0.05, 0) is 19.4 Å². The van der Waals surface area contributed by atoms with Gasteiger partial charge in [0.15, 0.2) is 15.7 Å². The van der Waals surface area contributed by atoms with Crippen LogP contribution in [0.25, 0.3) is 0 Å². The lowest BCUT2D eigenvalue weighted by atomic mass is 10.1. The molecule has 1 fully saturated rings. The summed E-state index contributed by atoms with van der Waals surface area (Å²) in [6.45, 7) is 5.09. The molecule has 1 aromatic heterocycles. The third kappa shape index (κ3) is 4.28. The smallest absolute Gasteiger partial charge is 0.151 e. The summed E-state index contributed by atoms with van der Waals surface area (Å²) in [6.07, 6.45) is 2.40. The minimum atomic E-state index is -2.81. The zero-order valence-corrected chi connectivity index (χ0v) is 13.3. The summed E-state index contributed by atoms with van der Waals surface area (Å²) < 4.78 is 22.9. The van der Waals surface area contributed by atoms with Gasteiger partial charge < -0.3 is 4.90 Å². The highest BCUT2D eigenvalue weighted by molar-refractivity contribution is 7.91. The molecule has 1 aromatic rings. The van der Waals surface area contributed by atoms with Crippen LogP contribution in [0.1, 0.15) is 31.9 Å². The number of nitrogens with zero attached hydrogens (tertiary/aromatic N) is 3. The molecule has 0 saturated carbocycles. The van der Waals surface area contributed by atoms with Crippen LogP contribution in [0.15, 0.2) is 0 Å². The highest BCUT2D eigenvalue weighted by Crippen LogP contribution is 2.16. The van der Waals surface area contributed by atoms with Crippen molar-refractivity contribution >= 4 is 9.84 Å². The summed E-state index contributed by atoms with van der Waals surface area (Å²) in [5.41, 5.74) is 0. The Bertz CT molecular complexity index is 538. The van der Waals surface area contributed by atoms with Gasteiger partial charge in [-0.25, -0.2) is 13.4 Å². The van der Waals surface area contributed by atoms with Gasteiger partial charge in [0, 0.05) is 25.4 Å². The Morgan fingerprint density at radius 2 is 2.20 bits per heavy atom. The molecule has 7 heteroatoms. The van der Waals surface area contributed by atoms with Crippen LogP contribution in [0.2, 0.25) is 0 Å². The van der Waals surface area contributed by atoms with Crippen molar-refractivity contribution in [3.05, 3.63) is 11.6 Å². The average Bonchev–Trinajstić information content (AvgIpc) is 2.92. The lowest BCUT2D eigenvalue weighted by Gasteiger charge is -2.22. The van der Waals surface area contributed by atoms with Crippen molar-refractivity contribution in [2.45, 2.75) is 39.2 Å². The van der Waals surface area contributed by atoms with Gasteiger partial charge in [0.1, 0.15) is 5.82 Å². The third-order valence-corrected chi connectivity index (χ3v) is 5.45. The minimum Gasteiger partial charge on any atom is -0.302 e. The van der Waals surface area contributed by atoms with Crippen molar-refractivity contribution in [2.75, 3.05) is 25.1 Å². The van der Waals surface area contributed by atoms with Crippen LogP contribution >= 0.6 is 0 Å². The number of sulfone groups is 1. The van der Waals surface area contributed by atoms with Crippen molar-refractivity contribution in [1.82, 2.24) is 20.1 Å². The lowest BCUT2D eigenvalue weighted by Crippen LogP contribution is -2.34. The van der Waals surface area contributed by atoms with Crippen LogP contribution in [-0.4, -0.2) is 59.6 Å². The van der Waals surface area contributed by atoms with Gasteiger partial charge in [-0.1, -0.05) is 13.8 Å². The van der Waals surface area contributed by atoms with E-state index in [1.807, 2.05) is 7.05 Å². The highest BCUT2D eigenvalue weighted by atomic mass is 32.2. The molecule has 20 heavy (non-hydrogen) atoms. The molecule has 0 aromatic carbocycles.